The standard InChI is InChI=1S/C27H35N5O5/c1-16-8-20-13-31(6-4-22(20)28-12-16)25(34)27-11-18(9-19-5-7-36-14-23(19)35-3)10-21(27)24(33)32(15-27)26-29-17(2)30-37-26/h8,12,18-19,21,23H,4-7,9-11,13-15H2,1-3H3/t18-,19?,21+,23?,27+/m1/s1. The van der Waals surface area contributed by atoms with Gasteiger partial charge >= 0.3 is 6.01 Å². The molecule has 2 saturated heterocycles. The number of aromatic nitrogens is 3. The fourth-order valence-corrected chi connectivity index (χ4v) is 7.15. The van der Waals surface area contributed by atoms with Crippen LogP contribution in [0.4, 0.5) is 6.01 Å². The third-order valence-electron chi connectivity index (χ3n) is 8.91. The van der Waals surface area contributed by atoms with Gasteiger partial charge < -0.3 is 18.9 Å². The second-order valence-corrected chi connectivity index (χ2v) is 11.3. The van der Waals surface area contributed by atoms with E-state index < -0.39 is 11.3 Å². The maximum absolute atomic E-state index is 14.4. The molecule has 0 N–H and O–H groups in total. The maximum atomic E-state index is 14.4. The third kappa shape index (κ3) is 4.24. The Labute approximate surface area is 216 Å². The van der Waals surface area contributed by atoms with Gasteiger partial charge in [0, 0.05) is 51.7 Å². The van der Waals surface area contributed by atoms with E-state index in [2.05, 4.69) is 21.2 Å². The molecule has 6 rings (SSSR count). The van der Waals surface area contributed by atoms with E-state index in [-0.39, 0.29) is 36.4 Å². The number of rotatable bonds is 5. The largest absolute Gasteiger partial charge is 0.379 e. The zero-order valence-electron chi connectivity index (χ0n) is 21.8. The van der Waals surface area contributed by atoms with Gasteiger partial charge in [-0.3, -0.25) is 19.5 Å². The lowest BCUT2D eigenvalue weighted by atomic mass is 9.77. The number of ether oxygens (including phenoxy) is 2. The number of anilines is 1. The van der Waals surface area contributed by atoms with E-state index >= 15 is 0 Å². The summed E-state index contributed by atoms with van der Waals surface area (Å²) >= 11 is 0. The number of aryl methyl sites for hydroxylation is 2. The molecule has 198 valence electrons. The zero-order valence-corrected chi connectivity index (χ0v) is 21.8. The molecule has 2 aromatic rings. The molecule has 5 atom stereocenters. The molecule has 2 unspecified atom stereocenters. The summed E-state index contributed by atoms with van der Waals surface area (Å²) in [5.41, 5.74) is 2.44. The number of methoxy groups -OCH3 is 1. The number of carbonyl (C=O) groups excluding carboxylic acids is 2. The molecule has 1 aliphatic carbocycles. The second-order valence-electron chi connectivity index (χ2n) is 11.3. The minimum atomic E-state index is -0.799. The quantitative estimate of drug-likeness (QED) is 0.605. The fourth-order valence-electron chi connectivity index (χ4n) is 7.15. The molecule has 3 aliphatic heterocycles. The molecule has 2 aromatic heterocycles. The highest BCUT2D eigenvalue weighted by molar-refractivity contribution is 6.03. The first-order chi connectivity index (χ1) is 17.9. The number of fused-ring (bicyclic) bond motifs is 2. The molecule has 5 heterocycles. The summed E-state index contributed by atoms with van der Waals surface area (Å²) in [6.07, 6.45) is 5.91. The normalized spacial score (nSPS) is 31.5. The van der Waals surface area contributed by atoms with Gasteiger partial charge in [0.05, 0.1) is 24.0 Å². The summed E-state index contributed by atoms with van der Waals surface area (Å²) in [4.78, 5) is 40.6. The molecule has 1 saturated carbocycles. The lowest BCUT2D eigenvalue weighted by molar-refractivity contribution is -0.145. The lowest BCUT2D eigenvalue weighted by Gasteiger charge is -2.37. The van der Waals surface area contributed by atoms with Gasteiger partial charge in [0.15, 0.2) is 5.82 Å². The number of carbonyl (C=O) groups is 2. The van der Waals surface area contributed by atoms with Gasteiger partial charge in [-0.2, -0.15) is 4.98 Å². The van der Waals surface area contributed by atoms with Crippen molar-refractivity contribution in [1.82, 2.24) is 20.0 Å². The molecule has 37 heavy (non-hydrogen) atoms. The van der Waals surface area contributed by atoms with Crippen molar-refractivity contribution in [1.29, 1.82) is 0 Å². The molecular formula is C27H35N5O5. The lowest BCUT2D eigenvalue weighted by Crippen LogP contribution is -2.48. The minimum Gasteiger partial charge on any atom is -0.379 e. The zero-order chi connectivity index (χ0) is 25.7. The van der Waals surface area contributed by atoms with Crippen molar-refractivity contribution in [2.24, 2.45) is 23.2 Å². The molecule has 4 aliphatic rings. The fraction of sp³-hybridized carbons (Fsp3) is 0.667. The van der Waals surface area contributed by atoms with Crippen LogP contribution in [-0.4, -0.2) is 71.4 Å². The first kappa shape index (κ1) is 24.5. The van der Waals surface area contributed by atoms with Gasteiger partial charge in [-0.15, -0.1) is 0 Å². The van der Waals surface area contributed by atoms with E-state index in [4.69, 9.17) is 14.0 Å². The Morgan fingerprint density at radius 3 is 2.97 bits per heavy atom. The van der Waals surface area contributed by atoms with Gasteiger partial charge in [-0.1, -0.05) is 11.2 Å². The number of pyridine rings is 1. The van der Waals surface area contributed by atoms with Gasteiger partial charge in [0.25, 0.3) is 0 Å². The van der Waals surface area contributed by atoms with Crippen LogP contribution in [0.15, 0.2) is 16.8 Å². The average Bonchev–Trinajstić information content (AvgIpc) is 3.57. The van der Waals surface area contributed by atoms with Crippen LogP contribution in [0.2, 0.25) is 0 Å². The van der Waals surface area contributed by atoms with Crippen LogP contribution in [0.3, 0.4) is 0 Å². The molecule has 0 radical (unpaired) electrons. The van der Waals surface area contributed by atoms with Crippen LogP contribution in [0.1, 0.15) is 48.3 Å². The Balaban J connectivity index is 1.28. The number of hydrogen-bond donors (Lipinski definition) is 0. The summed E-state index contributed by atoms with van der Waals surface area (Å²) in [7, 11) is 1.74. The van der Waals surface area contributed by atoms with Crippen molar-refractivity contribution in [3.05, 3.63) is 34.9 Å². The van der Waals surface area contributed by atoms with Crippen LogP contribution in [0, 0.1) is 37.0 Å². The first-order valence-electron chi connectivity index (χ1n) is 13.3. The van der Waals surface area contributed by atoms with E-state index in [1.807, 2.05) is 18.0 Å². The second kappa shape index (κ2) is 9.47. The monoisotopic (exact) mass is 509 g/mol. The highest BCUT2D eigenvalue weighted by Crippen LogP contribution is 2.55. The average molecular weight is 510 g/mol. The molecule has 3 fully saturated rings. The topological polar surface area (TPSA) is 111 Å². The molecule has 0 bridgehead atoms. The number of nitrogens with zero attached hydrogens (tertiary/aromatic N) is 5. The molecule has 10 heteroatoms. The van der Waals surface area contributed by atoms with Gasteiger partial charge in [0.2, 0.25) is 11.8 Å². The Hall–Kier alpha value is -2.85. The molecule has 0 spiro atoms. The van der Waals surface area contributed by atoms with Gasteiger partial charge in [-0.05, 0) is 62.5 Å². The van der Waals surface area contributed by atoms with Gasteiger partial charge in [-0.25, -0.2) is 0 Å². The highest BCUT2D eigenvalue weighted by atomic mass is 16.5. The Kier molecular flexibility index (Phi) is 6.27. The smallest absolute Gasteiger partial charge is 0.330 e. The van der Waals surface area contributed by atoms with E-state index in [0.29, 0.717) is 44.3 Å². The Morgan fingerprint density at radius 1 is 1.32 bits per heavy atom. The minimum absolute atomic E-state index is 0.0590. The van der Waals surface area contributed by atoms with Crippen molar-refractivity contribution in [3.8, 4) is 0 Å². The van der Waals surface area contributed by atoms with Crippen LogP contribution in [0.5, 0.6) is 0 Å². The molecule has 10 nitrogen and oxygen atoms in total. The van der Waals surface area contributed by atoms with E-state index in [0.717, 1.165) is 42.7 Å². The van der Waals surface area contributed by atoms with Crippen molar-refractivity contribution >= 4 is 17.8 Å². The third-order valence-corrected chi connectivity index (χ3v) is 8.91. The Morgan fingerprint density at radius 2 is 2.19 bits per heavy atom. The van der Waals surface area contributed by atoms with E-state index in [1.165, 1.54) is 0 Å². The number of hydrogen-bond acceptors (Lipinski definition) is 8. The van der Waals surface area contributed by atoms with Gasteiger partial charge in [0.1, 0.15) is 0 Å². The summed E-state index contributed by atoms with van der Waals surface area (Å²) in [5.74, 6) is 0.703. The Bertz CT molecular complexity index is 1200. The van der Waals surface area contributed by atoms with Crippen molar-refractivity contribution < 1.29 is 23.6 Å². The van der Waals surface area contributed by atoms with Crippen LogP contribution in [-0.2, 0) is 32.0 Å². The molecule has 0 aromatic carbocycles. The van der Waals surface area contributed by atoms with Crippen LogP contribution in [0.25, 0.3) is 0 Å². The maximum Gasteiger partial charge on any atom is 0.330 e. The summed E-state index contributed by atoms with van der Waals surface area (Å²) < 4.78 is 16.7. The molecule has 2 amide bonds. The highest BCUT2D eigenvalue weighted by Gasteiger charge is 2.64. The summed E-state index contributed by atoms with van der Waals surface area (Å²) in [5, 5.41) is 3.88. The van der Waals surface area contributed by atoms with E-state index in [1.54, 1.807) is 18.9 Å². The van der Waals surface area contributed by atoms with Crippen LogP contribution >= 0.6 is 0 Å². The summed E-state index contributed by atoms with van der Waals surface area (Å²) in [6, 6.07) is 2.31. The summed E-state index contributed by atoms with van der Waals surface area (Å²) in [6.45, 7) is 6.51. The predicted octanol–water partition coefficient (Wildman–Crippen LogP) is 2.47. The van der Waals surface area contributed by atoms with Crippen molar-refractivity contribution in [2.45, 2.75) is 58.6 Å². The molecular weight excluding hydrogens is 474 g/mol. The van der Waals surface area contributed by atoms with Crippen LogP contribution < -0.4 is 4.90 Å². The van der Waals surface area contributed by atoms with Crippen molar-refractivity contribution in [2.75, 3.05) is 38.3 Å². The first-order valence-corrected chi connectivity index (χ1v) is 13.3. The van der Waals surface area contributed by atoms with E-state index in [9.17, 15) is 9.59 Å². The van der Waals surface area contributed by atoms with Crippen molar-refractivity contribution in [3.63, 3.8) is 0 Å². The predicted molar refractivity (Wildman–Crippen MR) is 132 cm³/mol. The number of amides is 2. The SMILES string of the molecule is COC1COCCC1C[C@@H]1C[C@H]2C(=O)N(c3nc(C)no3)C[C@@]2(C(=O)N2CCc3ncc(C)cc3C2)C1.